The van der Waals surface area contributed by atoms with Crippen molar-refractivity contribution in [2.45, 2.75) is 33.1 Å². The first-order valence-corrected chi connectivity index (χ1v) is 7.91. The smallest absolute Gasteiger partial charge is 0.253 e. The van der Waals surface area contributed by atoms with Gasteiger partial charge in [-0.05, 0) is 56.7 Å². The van der Waals surface area contributed by atoms with Gasteiger partial charge in [0.2, 0.25) is 0 Å². The van der Waals surface area contributed by atoms with E-state index >= 15 is 0 Å². The van der Waals surface area contributed by atoms with Crippen LogP contribution in [-0.4, -0.2) is 32.2 Å². The number of hydrogen-bond acceptors (Lipinski definition) is 3. The molecule has 0 aliphatic heterocycles. The van der Waals surface area contributed by atoms with Gasteiger partial charge in [0.15, 0.2) is 0 Å². The first-order valence-electron chi connectivity index (χ1n) is 7.91. The molecular weight excluding hydrogens is 264 g/mol. The summed E-state index contributed by atoms with van der Waals surface area (Å²) in [5, 5.41) is 6.20. The summed E-state index contributed by atoms with van der Waals surface area (Å²) < 4.78 is 5.56. The summed E-state index contributed by atoms with van der Waals surface area (Å²) in [6, 6.07) is 5.86. The first-order chi connectivity index (χ1) is 10.2. The van der Waals surface area contributed by atoms with E-state index < -0.39 is 0 Å². The van der Waals surface area contributed by atoms with Crippen molar-refractivity contribution in [1.82, 2.24) is 5.32 Å². The molecule has 1 aliphatic carbocycles. The fourth-order valence-corrected chi connectivity index (χ4v) is 2.20. The highest BCUT2D eigenvalue weighted by atomic mass is 16.5. The van der Waals surface area contributed by atoms with Crippen molar-refractivity contribution in [2.24, 2.45) is 5.92 Å². The molecular formula is C17H26N2O2. The van der Waals surface area contributed by atoms with E-state index in [1.807, 2.05) is 32.0 Å². The van der Waals surface area contributed by atoms with Crippen LogP contribution in [0.4, 0.5) is 5.69 Å². The van der Waals surface area contributed by atoms with E-state index in [0.29, 0.717) is 12.1 Å². The normalized spacial score (nSPS) is 14.0. The highest BCUT2D eigenvalue weighted by Crippen LogP contribution is 2.28. The van der Waals surface area contributed by atoms with E-state index in [2.05, 4.69) is 10.6 Å². The van der Waals surface area contributed by atoms with E-state index in [-0.39, 0.29) is 5.91 Å². The van der Waals surface area contributed by atoms with Crippen LogP contribution >= 0.6 is 0 Å². The van der Waals surface area contributed by atoms with Gasteiger partial charge in [0.05, 0.1) is 5.56 Å². The number of benzene rings is 1. The second-order valence-corrected chi connectivity index (χ2v) is 5.71. The zero-order valence-electron chi connectivity index (χ0n) is 13.1. The van der Waals surface area contributed by atoms with E-state index in [4.69, 9.17) is 4.74 Å². The summed E-state index contributed by atoms with van der Waals surface area (Å²) in [5.41, 5.74) is 2.76. The van der Waals surface area contributed by atoms with Crippen LogP contribution in [0.5, 0.6) is 0 Å². The molecule has 1 aromatic carbocycles. The lowest BCUT2D eigenvalue weighted by molar-refractivity contribution is 0.0938. The Bertz CT molecular complexity index is 470. The second kappa shape index (κ2) is 8.03. The van der Waals surface area contributed by atoms with Gasteiger partial charge in [0, 0.05) is 32.0 Å². The van der Waals surface area contributed by atoms with Gasteiger partial charge in [-0.15, -0.1) is 0 Å². The van der Waals surface area contributed by atoms with Crippen LogP contribution in [0, 0.1) is 12.8 Å². The van der Waals surface area contributed by atoms with Crippen LogP contribution in [0.2, 0.25) is 0 Å². The van der Waals surface area contributed by atoms with Crippen molar-refractivity contribution in [2.75, 3.05) is 31.6 Å². The standard InChI is InChI=1S/C17H26N2O2/c1-3-18-16-11-13(2)5-8-15(16)17(20)19-9-4-10-21-12-14-6-7-14/h5,8,11,14,18H,3-4,6-7,9-10,12H2,1-2H3,(H,19,20). The molecule has 0 unspecified atom stereocenters. The number of rotatable bonds is 9. The third-order valence-electron chi connectivity index (χ3n) is 3.59. The number of nitrogens with one attached hydrogen (secondary N) is 2. The molecule has 4 nitrogen and oxygen atoms in total. The average Bonchev–Trinajstić information content (AvgIpc) is 3.27. The molecule has 21 heavy (non-hydrogen) atoms. The first kappa shape index (κ1) is 15.8. The van der Waals surface area contributed by atoms with E-state index in [9.17, 15) is 4.79 Å². The molecule has 0 saturated heterocycles. The monoisotopic (exact) mass is 290 g/mol. The average molecular weight is 290 g/mol. The van der Waals surface area contributed by atoms with Crippen molar-refractivity contribution < 1.29 is 9.53 Å². The molecule has 0 atom stereocenters. The molecule has 1 fully saturated rings. The minimum Gasteiger partial charge on any atom is -0.385 e. The zero-order valence-corrected chi connectivity index (χ0v) is 13.1. The predicted molar refractivity (Wildman–Crippen MR) is 85.8 cm³/mol. The Balaban J connectivity index is 1.73. The molecule has 1 amide bonds. The molecule has 0 radical (unpaired) electrons. The quantitative estimate of drug-likeness (QED) is 0.687. The summed E-state index contributed by atoms with van der Waals surface area (Å²) in [5.74, 6) is 0.781. The number of aryl methyl sites for hydroxylation is 1. The van der Waals surface area contributed by atoms with Gasteiger partial charge in [-0.3, -0.25) is 4.79 Å². The van der Waals surface area contributed by atoms with Crippen LogP contribution in [0.15, 0.2) is 18.2 Å². The Kier molecular flexibility index (Phi) is 6.05. The number of hydrogen-bond donors (Lipinski definition) is 2. The molecule has 2 N–H and O–H groups in total. The molecule has 2 rings (SSSR count). The number of amides is 1. The molecule has 1 aliphatic rings. The minimum absolute atomic E-state index is 0.0202. The number of ether oxygens (including phenoxy) is 1. The van der Waals surface area contributed by atoms with Crippen LogP contribution in [-0.2, 0) is 4.74 Å². The van der Waals surface area contributed by atoms with Gasteiger partial charge in [0.25, 0.3) is 5.91 Å². The molecule has 4 heteroatoms. The van der Waals surface area contributed by atoms with Gasteiger partial charge < -0.3 is 15.4 Å². The summed E-state index contributed by atoms with van der Waals surface area (Å²) in [6.45, 7) is 7.13. The number of carbonyl (C=O) groups is 1. The molecule has 1 aromatic rings. The SMILES string of the molecule is CCNc1cc(C)ccc1C(=O)NCCCOCC1CC1. The van der Waals surface area contributed by atoms with Crippen molar-refractivity contribution in [3.05, 3.63) is 29.3 Å². The van der Waals surface area contributed by atoms with Crippen LogP contribution in [0.3, 0.4) is 0 Å². The van der Waals surface area contributed by atoms with E-state index in [1.165, 1.54) is 12.8 Å². The fraction of sp³-hybridized carbons (Fsp3) is 0.588. The van der Waals surface area contributed by atoms with E-state index in [0.717, 1.165) is 43.3 Å². The molecule has 0 aromatic heterocycles. The van der Waals surface area contributed by atoms with Crippen LogP contribution < -0.4 is 10.6 Å². The van der Waals surface area contributed by atoms with Gasteiger partial charge >= 0.3 is 0 Å². The van der Waals surface area contributed by atoms with Crippen molar-refractivity contribution in [1.29, 1.82) is 0 Å². The van der Waals surface area contributed by atoms with Crippen LogP contribution in [0.1, 0.15) is 42.1 Å². The number of carbonyl (C=O) groups excluding carboxylic acids is 1. The summed E-state index contributed by atoms with van der Waals surface area (Å²) in [7, 11) is 0. The lowest BCUT2D eigenvalue weighted by Crippen LogP contribution is -2.26. The Morgan fingerprint density at radius 3 is 2.90 bits per heavy atom. The topological polar surface area (TPSA) is 50.4 Å². The molecule has 1 saturated carbocycles. The lowest BCUT2D eigenvalue weighted by atomic mass is 10.1. The highest BCUT2D eigenvalue weighted by Gasteiger charge is 2.20. The van der Waals surface area contributed by atoms with Gasteiger partial charge in [-0.1, -0.05) is 6.07 Å². The lowest BCUT2D eigenvalue weighted by Gasteiger charge is -2.12. The summed E-state index contributed by atoms with van der Waals surface area (Å²) >= 11 is 0. The second-order valence-electron chi connectivity index (χ2n) is 5.71. The summed E-state index contributed by atoms with van der Waals surface area (Å²) in [4.78, 5) is 12.2. The fourth-order valence-electron chi connectivity index (χ4n) is 2.20. The zero-order chi connectivity index (χ0) is 15.1. The Labute approximate surface area is 127 Å². The molecule has 116 valence electrons. The van der Waals surface area contributed by atoms with Gasteiger partial charge in [-0.25, -0.2) is 0 Å². The maximum atomic E-state index is 12.2. The maximum absolute atomic E-state index is 12.2. The third-order valence-corrected chi connectivity index (χ3v) is 3.59. The highest BCUT2D eigenvalue weighted by molar-refractivity contribution is 5.99. The van der Waals surface area contributed by atoms with Crippen molar-refractivity contribution in [3.63, 3.8) is 0 Å². The van der Waals surface area contributed by atoms with E-state index in [1.54, 1.807) is 0 Å². The van der Waals surface area contributed by atoms with Crippen LogP contribution in [0.25, 0.3) is 0 Å². The third kappa shape index (κ3) is 5.38. The molecule has 0 spiro atoms. The molecule has 0 bridgehead atoms. The van der Waals surface area contributed by atoms with Gasteiger partial charge in [-0.2, -0.15) is 0 Å². The number of anilines is 1. The van der Waals surface area contributed by atoms with Crippen molar-refractivity contribution >= 4 is 11.6 Å². The molecule has 0 heterocycles. The summed E-state index contributed by atoms with van der Waals surface area (Å²) in [6.07, 6.45) is 3.50. The Hall–Kier alpha value is -1.55. The maximum Gasteiger partial charge on any atom is 0.253 e. The van der Waals surface area contributed by atoms with Crippen molar-refractivity contribution in [3.8, 4) is 0 Å². The minimum atomic E-state index is -0.0202. The predicted octanol–water partition coefficient (Wildman–Crippen LogP) is 2.97. The Morgan fingerprint density at radius 1 is 1.38 bits per heavy atom. The largest absolute Gasteiger partial charge is 0.385 e. The van der Waals surface area contributed by atoms with Gasteiger partial charge in [0.1, 0.15) is 0 Å². The Morgan fingerprint density at radius 2 is 2.19 bits per heavy atom.